The van der Waals surface area contributed by atoms with Gasteiger partial charge in [0.2, 0.25) is 0 Å². The lowest BCUT2D eigenvalue weighted by molar-refractivity contribution is 0.0695. The molecule has 1 aromatic carbocycles. The molecule has 0 atom stereocenters. The van der Waals surface area contributed by atoms with Gasteiger partial charge in [0.15, 0.2) is 17.3 Å². The van der Waals surface area contributed by atoms with Crippen LogP contribution in [0.2, 0.25) is 5.02 Å². The van der Waals surface area contributed by atoms with Crippen molar-refractivity contribution >= 4 is 23.4 Å². The standard InChI is InChI=1S/C21H23ClN2O5/c1-13-5-10-29-18(13)20(25)23-15-3-6-24(7-4-15)21(26)14-11-16(22)19-17(12-14)27-8-2-9-28-19/h5,10-12,15H,2-4,6-9H2,1H3,(H,23,25). The Morgan fingerprint density at radius 1 is 1.17 bits per heavy atom. The van der Waals surface area contributed by atoms with E-state index in [-0.39, 0.29) is 17.9 Å². The fourth-order valence-corrected chi connectivity index (χ4v) is 3.89. The Bertz CT molecular complexity index is 918. The smallest absolute Gasteiger partial charge is 0.287 e. The number of benzene rings is 1. The van der Waals surface area contributed by atoms with E-state index in [0.29, 0.717) is 67.0 Å². The van der Waals surface area contributed by atoms with E-state index in [9.17, 15) is 9.59 Å². The lowest BCUT2D eigenvalue weighted by Gasteiger charge is -2.32. The number of amides is 2. The van der Waals surface area contributed by atoms with Gasteiger partial charge in [-0.25, -0.2) is 0 Å². The number of ether oxygens (including phenoxy) is 2. The van der Waals surface area contributed by atoms with Crippen molar-refractivity contribution in [3.8, 4) is 11.5 Å². The second kappa shape index (κ2) is 8.37. The first-order valence-electron chi connectivity index (χ1n) is 9.76. The van der Waals surface area contributed by atoms with Crippen LogP contribution in [0.5, 0.6) is 11.5 Å². The Balaban J connectivity index is 1.38. The maximum Gasteiger partial charge on any atom is 0.287 e. The van der Waals surface area contributed by atoms with Gasteiger partial charge in [-0.2, -0.15) is 0 Å². The molecule has 4 rings (SSSR count). The Morgan fingerprint density at radius 3 is 2.66 bits per heavy atom. The summed E-state index contributed by atoms with van der Waals surface area (Å²) in [5.74, 6) is 1.02. The predicted molar refractivity (Wildman–Crippen MR) is 107 cm³/mol. The van der Waals surface area contributed by atoms with Crippen LogP contribution in [0.25, 0.3) is 0 Å². The molecule has 2 aliphatic rings. The van der Waals surface area contributed by atoms with Crippen LogP contribution in [0.1, 0.15) is 45.7 Å². The SMILES string of the molecule is Cc1ccoc1C(=O)NC1CCN(C(=O)c2cc(Cl)c3c(c2)OCCCO3)CC1. The van der Waals surface area contributed by atoms with E-state index in [1.165, 1.54) is 6.26 Å². The summed E-state index contributed by atoms with van der Waals surface area (Å²) in [6.07, 6.45) is 3.63. The number of nitrogens with one attached hydrogen (secondary N) is 1. The summed E-state index contributed by atoms with van der Waals surface area (Å²) in [7, 11) is 0. The Labute approximate surface area is 173 Å². The van der Waals surface area contributed by atoms with Crippen molar-refractivity contribution in [1.29, 1.82) is 0 Å². The van der Waals surface area contributed by atoms with Crippen molar-refractivity contribution in [2.24, 2.45) is 0 Å². The summed E-state index contributed by atoms with van der Waals surface area (Å²) >= 11 is 6.31. The molecule has 2 aromatic rings. The van der Waals surface area contributed by atoms with Crippen LogP contribution >= 0.6 is 11.6 Å². The lowest BCUT2D eigenvalue weighted by Crippen LogP contribution is -2.46. The number of nitrogens with zero attached hydrogens (tertiary/aromatic N) is 1. The third-order valence-corrected chi connectivity index (χ3v) is 5.52. The van der Waals surface area contributed by atoms with Gasteiger partial charge in [-0.05, 0) is 38.0 Å². The first-order valence-corrected chi connectivity index (χ1v) is 10.1. The zero-order chi connectivity index (χ0) is 20.4. The van der Waals surface area contributed by atoms with E-state index in [1.807, 2.05) is 6.92 Å². The molecule has 1 N–H and O–H groups in total. The molecule has 3 heterocycles. The molecule has 1 saturated heterocycles. The number of hydrogen-bond donors (Lipinski definition) is 1. The molecule has 7 nitrogen and oxygen atoms in total. The fraction of sp³-hybridized carbons (Fsp3) is 0.429. The minimum absolute atomic E-state index is 0.00316. The number of piperidine rings is 1. The van der Waals surface area contributed by atoms with Gasteiger partial charge in [0.1, 0.15) is 0 Å². The normalized spacial score (nSPS) is 17.0. The molecular weight excluding hydrogens is 396 g/mol. The van der Waals surface area contributed by atoms with Crippen molar-refractivity contribution in [3.63, 3.8) is 0 Å². The lowest BCUT2D eigenvalue weighted by atomic mass is 10.0. The number of hydrogen-bond acceptors (Lipinski definition) is 5. The molecule has 0 radical (unpaired) electrons. The van der Waals surface area contributed by atoms with E-state index in [0.717, 1.165) is 12.0 Å². The molecule has 1 aromatic heterocycles. The minimum atomic E-state index is -0.216. The molecule has 0 unspecified atom stereocenters. The maximum absolute atomic E-state index is 13.0. The van der Waals surface area contributed by atoms with Crippen LogP contribution in [-0.4, -0.2) is 49.1 Å². The van der Waals surface area contributed by atoms with Crippen LogP contribution in [-0.2, 0) is 0 Å². The first kappa shape index (κ1) is 19.6. The summed E-state index contributed by atoms with van der Waals surface area (Å²) < 4.78 is 16.5. The van der Waals surface area contributed by atoms with Gasteiger partial charge < -0.3 is 24.1 Å². The highest BCUT2D eigenvalue weighted by Gasteiger charge is 2.27. The average molecular weight is 419 g/mol. The van der Waals surface area contributed by atoms with E-state index in [4.69, 9.17) is 25.5 Å². The highest BCUT2D eigenvalue weighted by molar-refractivity contribution is 6.32. The number of furan rings is 1. The Hall–Kier alpha value is -2.67. The number of carbonyl (C=O) groups excluding carboxylic acids is 2. The number of fused-ring (bicyclic) bond motifs is 1. The fourth-order valence-electron chi connectivity index (χ4n) is 3.62. The van der Waals surface area contributed by atoms with Gasteiger partial charge in [-0.15, -0.1) is 0 Å². The topological polar surface area (TPSA) is 81.0 Å². The molecule has 0 aliphatic carbocycles. The summed E-state index contributed by atoms with van der Waals surface area (Å²) in [5, 5.41) is 3.37. The molecule has 154 valence electrons. The van der Waals surface area contributed by atoms with Crippen LogP contribution in [0.3, 0.4) is 0 Å². The second-order valence-corrected chi connectivity index (χ2v) is 7.72. The van der Waals surface area contributed by atoms with Gasteiger partial charge in [0.05, 0.1) is 24.5 Å². The summed E-state index contributed by atoms with van der Waals surface area (Å²) in [4.78, 5) is 27.0. The molecule has 2 amide bonds. The highest BCUT2D eigenvalue weighted by Crippen LogP contribution is 2.38. The van der Waals surface area contributed by atoms with Gasteiger partial charge in [0.25, 0.3) is 11.8 Å². The Morgan fingerprint density at radius 2 is 1.93 bits per heavy atom. The predicted octanol–water partition coefficient (Wildman–Crippen LogP) is 3.44. The van der Waals surface area contributed by atoms with Crippen molar-refractivity contribution in [1.82, 2.24) is 10.2 Å². The van der Waals surface area contributed by atoms with Gasteiger partial charge in [-0.1, -0.05) is 11.6 Å². The summed E-state index contributed by atoms with van der Waals surface area (Å²) in [6.45, 7) is 4.00. The van der Waals surface area contributed by atoms with Crippen LogP contribution < -0.4 is 14.8 Å². The van der Waals surface area contributed by atoms with Gasteiger partial charge in [-0.3, -0.25) is 9.59 Å². The molecular formula is C21H23ClN2O5. The van der Waals surface area contributed by atoms with Crippen LogP contribution in [0.4, 0.5) is 0 Å². The molecule has 2 aliphatic heterocycles. The summed E-state index contributed by atoms with van der Waals surface area (Å²) in [6, 6.07) is 5.09. The molecule has 0 spiro atoms. The van der Waals surface area contributed by atoms with E-state index < -0.39 is 0 Å². The minimum Gasteiger partial charge on any atom is -0.489 e. The molecule has 8 heteroatoms. The van der Waals surface area contributed by atoms with Crippen molar-refractivity contribution in [3.05, 3.63) is 46.4 Å². The monoisotopic (exact) mass is 418 g/mol. The number of carbonyl (C=O) groups is 2. The maximum atomic E-state index is 13.0. The largest absolute Gasteiger partial charge is 0.489 e. The van der Waals surface area contributed by atoms with Gasteiger partial charge >= 0.3 is 0 Å². The third-order valence-electron chi connectivity index (χ3n) is 5.23. The zero-order valence-corrected chi connectivity index (χ0v) is 17.0. The number of likely N-dealkylation sites (tertiary alicyclic amines) is 1. The molecule has 29 heavy (non-hydrogen) atoms. The van der Waals surface area contributed by atoms with Gasteiger partial charge in [0, 0.05) is 36.7 Å². The van der Waals surface area contributed by atoms with E-state index in [2.05, 4.69) is 5.32 Å². The zero-order valence-electron chi connectivity index (χ0n) is 16.2. The van der Waals surface area contributed by atoms with Crippen LogP contribution in [0.15, 0.2) is 28.9 Å². The molecule has 1 fully saturated rings. The van der Waals surface area contributed by atoms with Crippen molar-refractivity contribution < 1.29 is 23.5 Å². The summed E-state index contributed by atoms with van der Waals surface area (Å²) in [5.41, 5.74) is 1.29. The van der Waals surface area contributed by atoms with Crippen molar-refractivity contribution in [2.75, 3.05) is 26.3 Å². The number of halogens is 1. The average Bonchev–Trinajstić information content (AvgIpc) is 3.00. The Kier molecular flexibility index (Phi) is 5.67. The highest BCUT2D eigenvalue weighted by atomic mass is 35.5. The van der Waals surface area contributed by atoms with Crippen molar-refractivity contribution in [2.45, 2.75) is 32.2 Å². The van der Waals surface area contributed by atoms with E-state index >= 15 is 0 Å². The quantitative estimate of drug-likeness (QED) is 0.825. The van der Waals surface area contributed by atoms with Crippen LogP contribution in [0, 0.1) is 6.92 Å². The molecule has 0 saturated carbocycles. The number of aryl methyl sites for hydroxylation is 1. The second-order valence-electron chi connectivity index (χ2n) is 7.31. The molecule has 0 bridgehead atoms. The third kappa shape index (κ3) is 4.19. The van der Waals surface area contributed by atoms with E-state index in [1.54, 1.807) is 23.1 Å². The first-order chi connectivity index (χ1) is 14.0. The number of rotatable bonds is 3.